The van der Waals surface area contributed by atoms with Crippen LogP contribution < -0.4 is 5.32 Å². The van der Waals surface area contributed by atoms with Crippen molar-refractivity contribution in [3.63, 3.8) is 0 Å². The number of benzene rings is 1. The third-order valence-electron chi connectivity index (χ3n) is 3.95. The molecule has 1 aromatic rings. The predicted molar refractivity (Wildman–Crippen MR) is 80.8 cm³/mol. The molecule has 0 spiro atoms. The largest absolute Gasteiger partial charge is 0.309 e. The minimum Gasteiger partial charge on any atom is -0.309 e. The van der Waals surface area contributed by atoms with Gasteiger partial charge in [0.25, 0.3) is 0 Å². The first-order valence-electron chi connectivity index (χ1n) is 6.86. The van der Waals surface area contributed by atoms with Gasteiger partial charge in [0.05, 0.1) is 0 Å². The summed E-state index contributed by atoms with van der Waals surface area (Å²) in [5.74, 6) is 0. The molecular weight excluding hydrogens is 288 g/mol. The topological polar surface area (TPSA) is 15.3 Å². The van der Waals surface area contributed by atoms with E-state index in [2.05, 4.69) is 64.4 Å². The van der Waals surface area contributed by atoms with Gasteiger partial charge in [-0.15, -0.1) is 0 Å². The Balaban J connectivity index is 1.83. The van der Waals surface area contributed by atoms with Crippen LogP contribution in [0.15, 0.2) is 28.7 Å². The summed E-state index contributed by atoms with van der Waals surface area (Å²) in [7, 11) is 2.25. The number of nitrogens with one attached hydrogen (secondary N) is 1. The first kappa shape index (κ1) is 14.0. The van der Waals surface area contributed by atoms with E-state index in [0.717, 1.165) is 11.0 Å². The number of rotatable bonds is 4. The van der Waals surface area contributed by atoms with E-state index in [4.69, 9.17) is 0 Å². The van der Waals surface area contributed by atoms with Gasteiger partial charge in [0.2, 0.25) is 0 Å². The fourth-order valence-electron chi connectivity index (χ4n) is 2.58. The molecule has 1 saturated heterocycles. The smallest absolute Gasteiger partial charge is 0.0292 e. The number of nitrogens with zero attached hydrogens (tertiary/aromatic N) is 1. The van der Waals surface area contributed by atoms with Gasteiger partial charge in [-0.1, -0.05) is 34.5 Å². The molecule has 1 N–H and O–H groups in total. The van der Waals surface area contributed by atoms with E-state index in [0.29, 0.717) is 12.1 Å². The van der Waals surface area contributed by atoms with E-state index in [1.165, 1.54) is 31.4 Å². The maximum atomic E-state index is 3.66. The highest BCUT2D eigenvalue weighted by Crippen LogP contribution is 2.18. The number of halogens is 1. The molecule has 2 rings (SSSR count). The summed E-state index contributed by atoms with van der Waals surface area (Å²) in [6, 6.07) is 9.73. The van der Waals surface area contributed by atoms with Gasteiger partial charge in [0, 0.05) is 23.1 Å². The van der Waals surface area contributed by atoms with Crippen molar-refractivity contribution in [2.24, 2.45) is 0 Å². The van der Waals surface area contributed by atoms with Crippen LogP contribution in [0.25, 0.3) is 0 Å². The van der Waals surface area contributed by atoms with Gasteiger partial charge in [0.15, 0.2) is 0 Å². The molecule has 0 amide bonds. The zero-order valence-electron chi connectivity index (χ0n) is 11.3. The molecule has 0 saturated carbocycles. The van der Waals surface area contributed by atoms with E-state index in [-0.39, 0.29) is 0 Å². The van der Waals surface area contributed by atoms with Crippen LogP contribution in [0.5, 0.6) is 0 Å². The molecule has 1 aliphatic rings. The van der Waals surface area contributed by atoms with Gasteiger partial charge < -0.3 is 10.2 Å². The zero-order valence-corrected chi connectivity index (χ0v) is 12.9. The molecule has 100 valence electrons. The lowest BCUT2D eigenvalue weighted by molar-refractivity contribution is 0.178. The Kier molecular flexibility index (Phi) is 5.22. The summed E-state index contributed by atoms with van der Waals surface area (Å²) in [6.07, 6.45) is 4.06. The Morgan fingerprint density at radius 2 is 2.06 bits per heavy atom. The Hall–Kier alpha value is -0.380. The Bertz CT molecular complexity index is 363. The summed E-state index contributed by atoms with van der Waals surface area (Å²) < 4.78 is 1.14. The van der Waals surface area contributed by atoms with Crippen LogP contribution in [0.4, 0.5) is 0 Å². The lowest BCUT2D eigenvalue weighted by atomic mass is 10.0. The summed E-state index contributed by atoms with van der Waals surface area (Å²) in [5.41, 5.74) is 1.36. The minimum absolute atomic E-state index is 0.424. The van der Waals surface area contributed by atoms with Gasteiger partial charge in [-0.05, 0) is 51.1 Å². The fourth-order valence-corrected chi connectivity index (χ4v) is 2.85. The van der Waals surface area contributed by atoms with E-state index in [1.807, 2.05) is 0 Å². The number of piperidine rings is 1. The average Bonchev–Trinajstić information content (AvgIpc) is 2.38. The van der Waals surface area contributed by atoms with Crippen molar-refractivity contribution in [3.8, 4) is 0 Å². The standard InChI is InChI=1S/C15H23BrN2/c1-12(13-6-8-14(16)9-7-13)17-11-15-5-3-4-10-18(15)2/h6-9,12,15,17H,3-5,10-11H2,1-2H3. The first-order chi connectivity index (χ1) is 8.66. The van der Waals surface area contributed by atoms with E-state index >= 15 is 0 Å². The molecule has 0 aliphatic carbocycles. The van der Waals surface area contributed by atoms with Gasteiger partial charge in [-0.2, -0.15) is 0 Å². The van der Waals surface area contributed by atoms with E-state index in [1.54, 1.807) is 0 Å². The molecule has 0 bridgehead atoms. The van der Waals surface area contributed by atoms with Crippen LogP contribution >= 0.6 is 15.9 Å². The molecule has 2 nitrogen and oxygen atoms in total. The van der Waals surface area contributed by atoms with Crippen LogP contribution in [0.2, 0.25) is 0 Å². The van der Waals surface area contributed by atoms with Gasteiger partial charge >= 0.3 is 0 Å². The van der Waals surface area contributed by atoms with Crippen LogP contribution in [0.3, 0.4) is 0 Å². The molecule has 1 aliphatic heterocycles. The van der Waals surface area contributed by atoms with Crippen LogP contribution in [-0.4, -0.2) is 31.1 Å². The summed E-state index contributed by atoms with van der Waals surface area (Å²) in [6.45, 7) is 4.58. The van der Waals surface area contributed by atoms with Crippen molar-refractivity contribution in [3.05, 3.63) is 34.3 Å². The number of hydrogen-bond donors (Lipinski definition) is 1. The molecule has 0 radical (unpaired) electrons. The lowest BCUT2D eigenvalue weighted by Gasteiger charge is -2.33. The Morgan fingerprint density at radius 3 is 2.72 bits per heavy atom. The molecule has 3 heteroatoms. The highest BCUT2D eigenvalue weighted by molar-refractivity contribution is 9.10. The molecule has 0 aromatic heterocycles. The van der Waals surface area contributed by atoms with Crippen molar-refractivity contribution in [1.82, 2.24) is 10.2 Å². The van der Waals surface area contributed by atoms with Crippen LogP contribution in [-0.2, 0) is 0 Å². The third-order valence-corrected chi connectivity index (χ3v) is 4.48. The van der Waals surface area contributed by atoms with E-state index < -0.39 is 0 Å². The Labute approximate surface area is 119 Å². The van der Waals surface area contributed by atoms with Crippen LogP contribution in [0, 0.1) is 0 Å². The zero-order chi connectivity index (χ0) is 13.0. The average molecular weight is 311 g/mol. The first-order valence-corrected chi connectivity index (χ1v) is 7.65. The number of hydrogen-bond acceptors (Lipinski definition) is 2. The summed E-state index contributed by atoms with van der Waals surface area (Å²) >= 11 is 3.48. The highest BCUT2D eigenvalue weighted by atomic mass is 79.9. The van der Waals surface area contributed by atoms with E-state index in [9.17, 15) is 0 Å². The van der Waals surface area contributed by atoms with Gasteiger partial charge in [0.1, 0.15) is 0 Å². The van der Waals surface area contributed by atoms with Crippen molar-refractivity contribution >= 4 is 15.9 Å². The fraction of sp³-hybridized carbons (Fsp3) is 0.600. The maximum Gasteiger partial charge on any atom is 0.0292 e. The maximum absolute atomic E-state index is 3.66. The van der Waals surface area contributed by atoms with Crippen LogP contribution in [0.1, 0.15) is 37.8 Å². The number of likely N-dealkylation sites (tertiary alicyclic amines) is 1. The molecule has 1 aromatic carbocycles. The monoisotopic (exact) mass is 310 g/mol. The second-order valence-corrected chi connectivity index (χ2v) is 6.23. The summed E-state index contributed by atoms with van der Waals surface area (Å²) in [4.78, 5) is 2.49. The predicted octanol–water partition coefficient (Wildman–Crippen LogP) is 3.58. The summed E-state index contributed by atoms with van der Waals surface area (Å²) in [5, 5.41) is 3.66. The van der Waals surface area contributed by atoms with Gasteiger partial charge in [-0.3, -0.25) is 0 Å². The second-order valence-electron chi connectivity index (χ2n) is 5.31. The quantitative estimate of drug-likeness (QED) is 0.914. The molecule has 2 unspecified atom stereocenters. The second kappa shape index (κ2) is 6.69. The Morgan fingerprint density at radius 1 is 1.33 bits per heavy atom. The SMILES string of the molecule is CC(NCC1CCCCN1C)c1ccc(Br)cc1. The van der Waals surface area contributed by atoms with Crippen molar-refractivity contribution < 1.29 is 0 Å². The van der Waals surface area contributed by atoms with Crippen molar-refractivity contribution in [2.45, 2.75) is 38.3 Å². The minimum atomic E-state index is 0.424. The normalized spacial score (nSPS) is 22.9. The molecule has 1 fully saturated rings. The lowest BCUT2D eigenvalue weighted by Crippen LogP contribution is -2.43. The van der Waals surface area contributed by atoms with Gasteiger partial charge in [-0.25, -0.2) is 0 Å². The highest BCUT2D eigenvalue weighted by Gasteiger charge is 2.19. The molecule has 1 heterocycles. The third kappa shape index (κ3) is 3.81. The molecule has 18 heavy (non-hydrogen) atoms. The number of likely N-dealkylation sites (N-methyl/N-ethyl adjacent to an activating group) is 1. The molecular formula is C15H23BrN2. The molecule has 2 atom stereocenters. The van der Waals surface area contributed by atoms with Crippen molar-refractivity contribution in [1.29, 1.82) is 0 Å². The van der Waals surface area contributed by atoms with Crippen molar-refractivity contribution in [2.75, 3.05) is 20.1 Å².